The Kier molecular flexibility index (Phi) is 4.77. The number of hydrogen-bond donors (Lipinski definition) is 1. The fraction of sp³-hybridized carbons (Fsp3) is 0.273. The van der Waals surface area contributed by atoms with Crippen LogP contribution in [0.3, 0.4) is 0 Å². The molecule has 1 aliphatic rings. The highest BCUT2D eigenvalue weighted by molar-refractivity contribution is 5.95. The molecule has 0 bridgehead atoms. The number of furan rings is 1. The molecule has 4 rings (SSSR count). The molecule has 138 valence electrons. The van der Waals surface area contributed by atoms with Crippen LogP contribution in [0.1, 0.15) is 46.3 Å². The molecule has 3 heterocycles. The van der Waals surface area contributed by atoms with Crippen molar-refractivity contribution in [3.8, 4) is 11.3 Å². The van der Waals surface area contributed by atoms with Gasteiger partial charge in [0.25, 0.3) is 0 Å². The third-order valence-electron chi connectivity index (χ3n) is 5.11. The number of aromatic carboxylic acids is 1. The molecule has 1 saturated heterocycles. The maximum Gasteiger partial charge on any atom is 0.336 e. The summed E-state index contributed by atoms with van der Waals surface area (Å²) in [6, 6.07) is 15.3. The van der Waals surface area contributed by atoms with E-state index < -0.39 is 5.97 Å². The minimum atomic E-state index is -0.948. The molecule has 1 fully saturated rings. The highest BCUT2D eigenvalue weighted by atomic mass is 16.4. The van der Waals surface area contributed by atoms with E-state index in [-0.39, 0.29) is 5.56 Å². The summed E-state index contributed by atoms with van der Waals surface area (Å²) >= 11 is 0. The quantitative estimate of drug-likeness (QED) is 0.713. The van der Waals surface area contributed by atoms with Crippen molar-refractivity contribution in [1.82, 2.24) is 9.88 Å². The molecule has 0 spiro atoms. The highest BCUT2D eigenvalue weighted by Gasteiger charge is 2.27. The monoisotopic (exact) mass is 362 g/mol. The molecule has 0 aliphatic carbocycles. The fourth-order valence-electron chi connectivity index (χ4n) is 3.86. The van der Waals surface area contributed by atoms with Crippen LogP contribution in [0.2, 0.25) is 0 Å². The van der Waals surface area contributed by atoms with Crippen LogP contribution < -0.4 is 0 Å². The van der Waals surface area contributed by atoms with Gasteiger partial charge in [0.2, 0.25) is 0 Å². The van der Waals surface area contributed by atoms with Crippen LogP contribution in [0.4, 0.5) is 0 Å². The van der Waals surface area contributed by atoms with Crippen molar-refractivity contribution in [3.05, 3.63) is 77.3 Å². The summed E-state index contributed by atoms with van der Waals surface area (Å²) in [4.78, 5) is 18.2. The lowest BCUT2D eigenvalue weighted by atomic mass is 10.1. The minimum Gasteiger partial charge on any atom is -0.478 e. The van der Waals surface area contributed by atoms with Crippen LogP contribution in [0.5, 0.6) is 0 Å². The molecule has 1 aromatic carbocycles. The van der Waals surface area contributed by atoms with E-state index in [2.05, 4.69) is 22.0 Å². The number of aromatic nitrogens is 1. The number of aryl methyl sites for hydroxylation is 1. The van der Waals surface area contributed by atoms with Crippen molar-refractivity contribution in [2.75, 3.05) is 6.54 Å². The summed E-state index contributed by atoms with van der Waals surface area (Å²) in [5.74, 6) is 0.498. The van der Waals surface area contributed by atoms with E-state index in [1.54, 1.807) is 18.2 Å². The number of pyridine rings is 1. The molecule has 1 N–H and O–H groups in total. The second-order valence-corrected chi connectivity index (χ2v) is 6.98. The Morgan fingerprint density at radius 3 is 2.93 bits per heavy atom. The predicted octanol–water partition coefficient (Wildman–Crippen LogP) is 4.69. The number of carboxylic acids is 1. The number of hydrogen-bond acceptors (Lipinski definition) is 4. The number of likely N-dealkylation sites (tertiary alicyclic amines) is 1. The third kappa shape index (κ3) is 3.64. The van der Waals surface area contributed by atoms with Crippen molar-refractivity contribution in [2.24, 2.45) is 0 Å². The third-order valence-corrected chi connectivity index (χ3v) is 5.11. The summed E-state index contributed by atoms with van der Waals surface area (Å²) in [5.41, 5.74) is 3.19. The van der Waals surface area contributed by atoms with Gasteiger partial charge in [-0.15, -0.1) is 0 Å². The highest BCUT2D eigenvalue weighted by Crippen LogP contribution is 2.34. The molecule has 1 atom stereocenters. The molecule has 1 unspecified atom stereocenters. The van der Waals surface area contributed by atoms with E-state index in [1.165, 1.54) is 5.56 Å². The van der Waals surface area contributed by atoms with Gasteiger partial charge >= 0.3 is 5.97 Å². The normalized spacial score (nSPS) is 17.3. The number of carbonyl (C=O) groups is 1. The van der Waals surface area contributed by atoms with Crippen molar-refractivity contribution >= 4 is 5.97 Å². The standard InChI is InChI=1S/C22H22N2O3/c1-15-13-16(10-11-23-15)20-7-4-12-24(20)14-17-8-9-21(27-17)18-5-2-3-6-19(18)22(25)26/h2-3,5-6,8-11,13,20H,4,7,12,14H2,1H3,(H,25,26). The molecule has 27 heavy (non-hydrogen) atoms. The van der Waals surface area contributed by atoms with E-state index in [1.807, 2.05) is 31.3 Å². The smallest absolute Gasteiger partial charge is 0.336 e. The topological polar surface area (TPSA) is 66.6 Å². The van der Waals surface area contributed by atoms with Crippen LogP contribution in [0.15, 0.2) is 59.1 Å². The Hall–Kier alpha value is -2.92. The molecular formula is C22H22N2O3. The van der Waals surface area contributed by atoms with Gasteiger partial charge in [0.05, 0.1) is 12.1 Å². The first-order valence-electron chi connectivity index (χ1n) is 9.20. The first-order valence-corrected chi connectivity index (χ1v) is 9.20. The van der Waals surface area contributed by atoms with Crippen LogP contribution in [0.25, 0.3) is 11.3 Å². The zero-order chi connectivity index (χ0) is 18.8. The molecule has 2 aromatic heterocycles. The second kappa shape index (κ2) is 7.37. The summed E-state index contributed by atoms with van der Waals surface area (Å²) in [5, 5.41) is 9.39. The Labute approximate surface area is 158 Å². The summed E-state index contributed by atoms with van der Waals surface area (Å²) < 4.78 is 6.01. The van der Waals surface area contributed by atoms with E-state index in [0.717, 1.165) is 30.8 Å². The van der Waals surface area contributed by atoms with Crippen LogP contribution >= 0.6 is 0 Å². The van der Waals surface area contributed by atoms with Crippen molar-refractivity contribution in [2.45, 2.75) is 32.4 Å². The predicted molar refractivity (Wildman–Crippen MR) is 102 cm³/mol. The SMILES string of the molecule is Cc1cc(C2CCCN2Cc2ccc(-c3ccccc3C(=O)O)o2)ccn1. The summed E-state index contributed by atoms with van der Waals surface area (Å²) in [6.45, 7) is 3.75. The van der Waals surface area contributed by atoms with Crippen molar-refractivity contribution in [1.29, 1.82) is 0 Å². The van der Waals surface area contributed by atoms with Gasteiger partial charge in [0.1, 0.15) is 11.5 Å². The first-order chi connectivity index (χ1) is 13.1. The number of rotatable bonds is 5. The largest absolute Gasteiger partial charge is 0.478 e. The molecule has 0 saturated carbocycles. The minimum absolute atomic E-state index is 0.254. The molecule has 0 amide bonds. The lowest BCUT2D eigenvalue weighted by Crippen LogP contribution is -2.22. The molecule has 3 aromatic rings. The maximum atomic E-state index is 11.5. The van der Waals surface area contributed by atoms with Gasteiger partial charge < -0.3 is 9.52 Å². The zero-order valence-electron chi connectivity index (χ0n) is 15.3. The van der Waals surface area contributed by atoms with E-state index in [0.29, 0.717) is 23.9 Å². The molecule has 0 radical (unpaired) electrons. The summed E-state index contributed by atoms with van der Waals surface area (Å²) in [6.07, 6.45) is 4.15. The lowest BCUT2D eigenvalue weighted by Gasteiger charge is -2.24. The zero-order valence-corrected chi connectivity index (χ0v) is 15.3. The van der Waals surface area contributed by atoms with Crippen molar-refractivity contribution < 1.29 is 14.3 Å². The Bertz CT molecular complexity index is 963. The maximum absolute atomic E-state index is 11.5. The van der Waals surface area contributed by atoms with Gasteiger partial charge in [-0.05, 0) is 62.2 Å². The molecule has 1 aliphatic heterocycles. The Balaban J connectivity index is 1.55. The van der Waals surface area contributed by atoms with E-state index >= 15 is 0 Å². The van der Waals surface area contributed by atoms with Gasteiger partial charge in [0.15, 0.2) is 0 Å². The average molecular weight is 362 g/mol. The van der Waals surface area contributed by atoms with Gasteiger partial charge in [-0.1, -0.05) is 18.2 Å². The van der Waals surface area contributed by atoms with E-state index in [4.69, 9.17) is 4.42 Å². The summed E-state index contributed by atoms with van der Waals surface area (Å²) in [7, 11) is 0. The van der Waals surface area contributed by atoms with Crippen molar-refractivity contribution in [3.63, 3.8) is 0 Å². The molecule has 5 heteroatoms. The van der Waals surface area contributed by atoms with Crippen LogP contribution in [0, 0.1) is 6.92 Å². The number of benzene rings is 1. The second-order valence-electron chi connectivity index (χ2n) is 6.98. The Morgan fingerprint density at radius 1 is 1.26 bits per heavy atom. The Morgan fingerprint density at radius 2 is 2.11 bits per heavy atom. The van der Waals surface area contributed by atoms with Gasteiger partial charge in [0, 0.05) is 23.5 Å². The molecule has 5 nitrogen and oxygen atoms in total. The molecular weight excluding hydrogens is 340 g/mol. The fourth-order valence-corrected chi connectivity index (χ4v) is 3.86. The van der Waals surface area contributed by atoms with Gasteiger partial charge in [-0.25, -0.2) is 4.79 Å². The van der Waals surface area contributed by atoms with Gasteiger partial charge in [-0.2, -0.15) is 0 Å². The average Bonchev–Trinajstić information content (AvgIpc) is 3.32. The first kappa shape index (κ1) is 17.5. The van der Waals surface area contributed by atoms with E-state index in [9.17, 15) is 9.90 Å². The lowest BCUT2D eigenvalue weighted by molar-refractivity contribution is 0.0697. The van der Waals surface area contributed by atoms with Crippen LogP contribution in [-0.2, 0) is 6.54 Å². The number of nitrogens with zero attached hydrogens (tertiary/aromatic N) is 2. The number of carboxylic acid groups (broad SMARTS) is 1. The van der Waals surface area contributed by atoms with Gasteiger partial charge in [-0.3, -0.25) is 9.88 Å². The van der Waals surface area contributed by atoms with Crippen LogP contribution in [-0.4, -0.2) is 27.5 Å².